The van der Waals surface area contributed by atoms with Crippen molar-refractivity contribution >= 4 is 29.5 Å². The normalized spacial score (nSPS) is 10.6. The third-order valence-electron chi connectivity index (χ3n) is 3.85. The number of primary amides is 1. The van der Waals surface area contributed by atoms with E-state index in [1.54, 1.807) is 6.08 Å². The number of carbonyl (C=O) groups is 3. The van der Waals surface area contributed by atoms with Gasteiger partial charge in [0.15, 0.2) is 6.61 Å². The molecule has 0 aromatic heterocycles. The molecular formula is C21H21FN2O4. The lowest BCUT2D eigenvalue weighted by Gasteiger charge is -2.22. The van der Waals surface area contributed by atoms with Crippen molar-refractivity contribution in [3.05, 3.63) is 71.6 Å². The van der Waals surface area contributed by atoms with Gasteiger partial charge in [0.1, 0.15) is 5.82 Å². The van der Waals surface area contributed by atoms with Gasteiger partial charge in [0.25, 0.3) is 5.91 Å². The predicted molar refractivity (Wildman–Crippen MR) is 104 cm³/mol. The van der Waals surface area contributed by atoms with Gasteiger partial charge in [0.05, 0.1) is 0 Å². The van der Waals surface area contributed by atoms with Crippen molar-refractivity contribution in [3.8, 4) is 0 Å². The Morgan fingerprint density at radius 3 is 2.32 bits per heavy atom. The molecule has 2 N–H and O–H groups in total. The van der Waals surface area contributed by atoms with Gasteiger partial charge in [-0.1, -0.05) is 29.8 Å². The average molecular weight is 384 g/mol. The first kappa shape index (κ1) is 20.8. The zero-order chi connectivity index (χ0) is 20.5. The number of aryl methyl sites for hydroxylation is 1. The number of rotatable bonds is 8. The van der Waals surface area contributed by atoms with Crippen LogP contribution in [0.5, 0.6) is 0 Å². The molecular weight excluding hydrogens is 363 g/mol. The van der Waals surface area contributed by atoms with Gasteiger partial charge in [0.2, 0.25) is 5.91 Å². The molecule has 0 aliphatic heterocycles. The molecule has 2 rings (SSSR count). The monoisotopic (exact) mass is 384 g/mol. The molecule has 0 bridgehead atoms. The first-order chi connectivity index (χ1) is 13.3. The van der Waals surface area contributed by atoms with Gasteiger partial charge in [-0.3, -0.25) is 9.59 Å². The van der Waals surface area contributed by atoms with Crippen LogP contribution in [0, 0.1) is 12.7 Å². The van der Waals surface area contributed by atoms with E-state index in [-0.39, 0.29) is 13.0 Å². The summed E-state index contributed by atoms with van der Waals surface area (Å²) in [6.07, 6.45) is 2.73. The van der Waals surface area contributed by atoms with E-state index in [0.717, 1.165) is 11.1 Å². The summed E-state index contributed by atoms with van der Waals surface area (Å²) in [5, 5.41) is 0. The summed E-state index contributed by atoms with van der Waals surface area (Å²) in [6.45, 7) is 1.43. The summed E-state index contributed by atoms with van der Waals surface area (Å²) in [7, 11) is 0. The number of benzene rings is 2. The lowest BCUT2D eigenvalue weighted by atomic mass is 10.1. The molecule has 2 aromatic rings. The first-order valence-electron chi connectivity index (χ1n) is 8.61. The summed E-state index contributed by atoms with van der Waals surface area (Å²) < 4.78 is 18.1. The third-order valence-corrected chi connectivity index (χ3v) is 3.85. The quantitative estimate of drug-likeness (QED) is 0.560. The van der Waals surface area contributed by atoms with E-state index in [1.165, 1.54) is 35.2 Å². The Balaban J connectivity index is 1.97. The smallest absolute Gasteiger partial charge is 0.331 e. The molecule has 7 heteroatoms. The number of anilines is 1. The van der Waals surface area contributed by atoms with Gasteiger partial charge in [-0.05, 0) is 42.8 Å². The van der Waals surface area contributed by atoms with Crippen LogP contribution in [0.2, 0.25) is 0 Å². The van der Waals surface area contributed by atoms with Crippen LogP contribution in [-0.2, 0) is 19.1 Å². The Bertz CT molecular complexity index is 861. The molecule has 0 fully saturated rings. The highest BCUT2D eigenvalue weighted by Gasteiger charge is 2.18. The van der Waals surface area contributed by atoms with Crippen LogP contribution in [-0.4, -0.2) is 30.9 Å². The van der Waals surface area contributed by atoms with Gasteiger partial charge >= 0.3 is 5.97 Å². The average Bonchev–Trinajstić information content (AvgIpc) is 2.67. The van der Waals surface area contributed by atoms with Crippen LogP contribution >= 0.6 is 0 Å². The van der Waals surface area contributed by atoms with Crippen molar-refractivity contribution in [3.63, 3.8) is 0 Å². The zero-order valence-corrected chi connectivity index (χ0v) is 15.4. The minimum Gasteiger partial charge on any atom is -0.452 e. The highest BCUT2D eigenvalue weighted by Crippen LogP contribution is 2.16. The van der Waals surface area contributed by atoms with Crippen molar-refractivity contribution in [1.82, 2.24) is 0 Å². The molecule has 0 aliphatic rings. The highest BCUT2D eigenvalue weighted by atomic mass is 19.1. The molecule has 0 atom stereocenters. The van der Waals surface area contributed by atoms with E-state index < -0.39 is 30.2 Å². The summed E-state index contributed by atoms with van der Waals surface area (Å²) in [5.74, 6) is -2.27. The Labute approximate surface area is 162 Å². The van der Waals surface area contributed by atoms with Crippen molar-refractivity contribution in [1.29, 1.82) is 0 Å². The molecule has 0 saturated carbocycles. The number of hydrogen-bond acceptors (Lipinski definition) is 4. The van der Waals surface area contributed by atoms with Crippen LogP contribution in [0.15, 0.2) is 54.6 Å². The molecule has 28 heavy (non-hydrogen) atoms. The Morgan fingerprint density at radius 1 is 1.07 bits per heavy atom. The van der Waals surface area contributed by atoms with E-state index in [9.17, 15) is 18.8 Å². The fourth-order valence-corrected chi connectivity index (χ4v) is 2.34. The molecule has 2 aromatic carbocycles. The summed E-state index contributed by atoms with van der Waals surface area (Å²) in [6, 6.07) is 12.7. The second kappa shape index (κ2) is 10.0. The molecule has 6 nitrogen and oxygen atoms in total. The predicted octanol–water partition coefficient (Wildman–Crippen LogP) is 2.60. The Hall–Kier alpha value is -3.48. The number of halogens is 1. The fourth-order valence-electron chi connectivity index (χ4n) is 2.34. The first-order valence-corrected chi connectivity index (χ1v) is 8.61. The van der Waals surface area contributed by atoms with E-state index in [4.69, 9.17) is 10.5 Å². The largest absolute Gasteiger partial charge is 0.452 e. The lowest BCUT2D eigenvalue weighted by molar-refractivity contribution is -0.143. The van der Waals surface area contributed by atoms with Crippen LogP contribution in [0.25, 0.3) is 6.08 Å². The number of nitrogens with two attached hydrogens (primary N) is 1. The second-order valence-corrected chi connectivity index (χ2v) is 6.09. The van der Waals surface area contributed by atoms with Gasteiger partial charge < -0.3 is 15.4 Å². The molecule has 0 unspecified atom stereocenters. The molecule has 146 valence electrons. The maximum absolute atomic E-state index is 13.1. The number of amides is 2. The van der Waals surface area contributed by atoms with Crippen molar-refractivity contribution < 1.29 is 23.5 Å². The second-order valence-electron chi connectivity index (χ2n) is 6.09. The molecule has 0 heterocycles. The van der Waals surface area contributed by atoms with Crippen molar-refractivity contribution in [2.24, 2.45) is 5.73 Å². The van der Waals surface area contributed by atoms with Crippen LogP contribution in [0.1, 0.15) is 17.5 Å². The van der Waals surface area contributed by atoms with Crippen molar-refractivity contribution in [2.45, 2.75) is 13.3 Å². The molecule has 0 aliphatic carbocycles. The molecule has 0 saturated heterocycles. The Kier molecular flexibility index (Phi) is 7.45. The van der Waals surface area contributed by atoms with E-state index in [0.29, 0.717) is 5.69 Å². The van der Waals surface area contributed by atoms with Crippen LogP contribution < -0.4 is 10.6 Å². The van der Waals surface area contributed by atoms with Gasteiger partial charge in [-0.15, -0.1) is 0 Å². The number of carbonyl (C=O) groups excluding carboxylic acids is 3. The molecule has 2 amide bonds. The topological polar surface area (TPSA) is 89.7 Å². The standard InChI is InChI=1S/C21H21FN2O4/c1-15-2-4-16(5-3-15)6-11-21(27)28-14-20(26)24(13-12-19(23)25)18-9-7-17(22)8-10-18/h2-11H,12-14H2,1H3,(H2,23,25)/b11-6+. The van der Waals surface area contributed by atoms with Crippen LogP contribution in [0.4, 0.5) is 10.1 Å². The maximum atomic E-state index is 13.1. The van der Waals surface area contributed by atoms with Gasteiger partial charge in [-0.2, -0.15) is 0 Å². The zero-order valence-electron chi connectivity index (χ0n) is 15.4. The molecule has 0 spiro atoms. The maximum Gasteiger partial charge on any atom is 0.331 e. The lowest BCUT2D eigenvalue weighted by Crippen LogP contribution is -2.37. The van der Waals surface area contributed by atoms with Crippen LogP contribution in [0.3, 0.4) is 0 Å². The number of esters is 1. The minimum absolute atomic E-state index is 0.00342. The highest BCUT2D eigenvalue weighted by molar-refractivity contribution is 5.97. The van der Waals surface area contributed by atoms with Crippen molar-refractivity contribution in [2.75, 3.05) is 18.1 Å². The third kappa shape index (κ3) is 6.68. The number of ether oxygens (including phenoxy) is 1. The summed E-state index contributed by atoms with van der Waals surface area (Å²) in [5.41, 5.74) is 7.43. The van der Waals surface area contributed by atoms with E-state index in [2.05, 4.69) is 0 Å². The SMILES string of the molecule is Cc1ccc(/C=C/C(=O)OCC(=O)N(CCC(N)=O)c2ccc(F)cc2)cc1. The molecule has 0 radical (unpaired) electrons. The summed E-state index contributed by atoms with van der Waals surface area (Å²) in [4.78, 5) is 36.6. The number of hydrogen-bond donors (Lipinski definition) is 1. The van der Waals surface area contributed by atoms with E-state index in [1.807, 2.05) is 31.2 Å². The fraction of sp³-hybridized carbons (Fsp3) is 0.190. The van der Waals surface area contributed by atoms with Gasteiger partial charge in [-0.25, -0.2) is 9.18 Å². The van der Waals surface area contributed by atoms with Gasteiger partial charge in [0, 0.05) is 24.7 Å². The van der Waals surface area contributed by atoms with E-state index >= 15 is 0 Å². The number of nitrogens with zero attached hydrogens (tertiary/aromatic N) is 1. The summed E-state index contributed by atoms with van der Waals surface area (Å²) >= 11 is 0. The minimum atomic E-state index is -0.678. The Morgan fingerprint density at radius 2 is 1.71 bits per heavy atom.